The number of fused-ring (bicyclic) bond motifs is 18. The molecule has 0 amide bonds. The monoisotopic (exact) mass is 1110 g/mol. The number of hydrogen-bond donors (Lipinski definition) is 0. The first-order chi connectivity index (χ1) is 39.9. The highest BCUT2D eigenvalue weighted by atomic mass is 32.1. The molecule has 0 radical (unpaired) electrons. The minimum Gasteiger partial charge on any atom is -0.305 e. The number of rotatable bonds is 4. The van der Waals surface area contributed by atoms with Gasteiger partial charge in [-0.25, -0.2) is 4.98 Å². The van der Waals surface area contributed by atoms with Crippen LogP contribution in [0.4, 0.5) is 26.3 Å². The lowest BCUT2D eigenvalue weighted by atomic mass is 10.1. The highest BCUT2D eigenvalue weighted by molar-refractivity contribution is 7.26. The Morgan fingerprint density at radius 3 is 1.06 bits per heavy atom. The third kappa shape index (κ3) is 6.42. The normalized spacial score (nSPS) is 12.7. The Hall–Kier alpha value is -9.94. The fourth-order valence-electron chi connectivity index (χ4n) is 13.0. The van der Waals surface area contributed by atoms with Gasteiger partial charge < -0.3 is 9.13 Å². The van der Waals surface area contributed by atoms with Gasteiger partial charge in [0.25, 0.3) is 0 Å². The number of nitrogens with zero attached hydrogens (tertiary/aromatic N) is 6. The second-order valence-corrected chi connectivity index (χ2v) is 22.9. The van der Waals surface area contributed by atoms with E-state index in [9.17, 15) is 5.26 Å². The lowest BCUT2D eigenvalue weighted by Crippen LogP contribution is -2.16. The highest BCUT2D eigenvalue weighted by Gasteiger charge is 2.36. The molecule has 10 aromatic carbocycles. The molecule has 0 fully saturated rings. The molecule has 7 aromatic heterocycles. The van der Waals surface area contributed by atoms with Gasteiger partial charge in [0.2, 0.25) is 0 Å². The Morgan fingerprint density at radius 2 is 0.646 bits per heavy atom. The Morgan fingerprint density at radius 1 is 0.317 bits per heavy atom. The summed E-state index contributed by atoms with van der Waals surface area (Å²) in [4.78, 5) is 5.92. The van der Waals surface area contributed by atoms with Crippen LogP contribution in [0, 0.1) is 11.3 Å². The lowest BCUT2D eigenvalue weighted by Gasteiger charge is -2.24. The first-order valence-corrected chi connectivity index (χ1v) is 27.9. The maximum atomic E-state index is 15.2. The minimum atomic E-state index is -4.78. The molecule has 0 saturated heterocycles. The largest absolute Gasteiger partial charge is 0.416 e. The van der Waals surface area contributed by atoms with E-state index in [2.05, 4.69) is 69.8 Å². The maximum Gasteiger partial charge on any atom is 0.416 e. The van der Waals surface area contributed by atoms with Gasteiger partial charge >= 0.3 is 12.4 Å². The van der Waals surface area contributed by atoms with Gasteiger partial charge in [-0.2, -0.15) is 31.6 Å². The topological polar surface area (TPSA) is 56.4 Å². The van der Waals surface area contributed by atoms with Crippen LogP contribution >= 0.6 is 22.7 Å². The van der Waals surface area contributed by atoms with Crippen molar-refractivity contribution in [2.75, 3.05) is 0 Å². The summed E-state index contributed by atoms with van der Waals surface area (Å²) in [5, 5.41) is 22.6. The number of halogens is 6. The number of hydrogen-bond acceptors (Lipinski definition) is 4. The molecule has 14 heteroatoms. The molecule has 0 aliphatic carbocycles. The zero-order valence-electron chi connectivity index (χ0n) is 42.4. The van der Waals surface area contributed by atoms with Crippen molar-refractivity contribution >= 4 is 150 Å². The van der Waals surface area contributed by atoms with Crippen molar-refractivity contribution in [2.24, 2.45) is 0 Å². The maximum absolute atomic E-state index is 15.2. The van der Waals surface area contributed by atoms with E-state index in [-0.39, 0.29) is 33.9 Å². The zero-order valence-corrected chi connectivity index (χ0v) is 44.0. The molecule has 0 unspecified atom stereocenters. The van der Waals surface area contributed by atoms with Gasteiger partial charge in [-0.3, -0.25) is 9.13 Å². The third-order valence-corrected chi connectivity index (χ3v) is 18.7. The molecule has 0 bridgehead atoms. The average molecular weight is 1110 g/mol. The summed E-state index contributed by atoms with van der Waals surface area (Å²) in [5.41, 5.74) is 2.63. The number of thiophene rings is 2. The fraction of sp³-hybridized carbons (Fsp3) is 0.0294. The van der Waals surface area contributed by atoms with Crippen molar-refractivity contribution in [3.63, 3.8) is 0 Å². The van der Waals surface area contributed by atoms with E-state index in [0.717, 1.165) is 108 Å². The van der Waals surface area contributed by atoms with Crippen molar-refractivity contribution in [3.05, 3.63) is 223 Å². The molecule has 17 rings (SSSR count). The Bertz CT molecular complexity index is 5720. The van der Waals surface area contributed by atoms with E-state index >= 15 is 26.3 Å². The molecule has 7 heterocycles. The van der Waals surface area contributed by atoms with E-state index < -0.39 is 23.5 Å². The van der Waals surface area contributed by atoms with Crippen LogP contribution in [0.25, 0.3) is 151 Å². The Labute approximate surface area is 466 Å². The SMILES string of the molecule is N#Cc1c(-n2c3ccccc3c3ccc(C(F)(F)F)cc32)c(-n2c3ccccc3c3ccc(C(F)(F)F)cc32)nc(-n2c3ccccc3c3cc4c(cc32)sc2ccccc24)c1-n1c2ccccc2c2cc3c(cc21)sc1ccccc13. The number of para-hydroxylation sites is 4. The molecule has 390 valence electrons. The molecule has 0 spiro atoms. The Balaban J connectivity index is 1.15. The number of aromatic nitrogens is 5. The minimum absolute atomic E-state index is 0.00549. The third-order valence-electron chi connectivity index (χ3n) is 16.4. The molecular weight excluding hydrogens is 1080 g/mol. The highest BCUT2D eigenvalue weighted by Crippen LogP contribution is 2.49. The van der Waals surface area contributed by atoms with Gasteiger partial charge in [0, 0.05) is 83.4 Å². The molecule has 0 aliphatic heterocycles. The van der Waals surface area contributed by atoms with Crippen molar-refractivity contribution in [1.29, 1.82) is 5.26 Å². The van der Waals surface area contributed by atoms with Gasteiger partial charge in [0.1, 0.15) is 23.0 Å². The zero-order chi connectivity index (χ0) is 55.1. The molecule has 82 heavy (non-hydrogen) atoms. The molecule has 0 aliphatic rings. The quantitative estimate of drug-likeness (QED) is 0.165. The van der Waals surface area contributed by atoms with Gasteiger partial charge in [0.15, 0.2) is 11.6 Å². The summed E-state index contributed by atoms with van der Waals surface area (Å²) in [6.07, 6.45) is -9.54. The molecule has 0 atom stereocenters. The van der Waals surface area contributed by atoms with Gasteiger partial charge in [-0.1, -0.05) is 121 Å². The van der Waals surface area contributed by atoms with Gasteiger partial charge in [-0.15, -0.1) is 22.7 Å². The smallest absolute Gasteiger partial charge is 0.305 e. The van der Waals surface area contributed by atoms with Crippen LogP contribution in [0.15, 0.2) is 206 Å². The Kier molecular flexibility index (Phi) is 9.49. The van der Waals surface area contributed by atoms with E-state index in [1.807, 2.05) is 84.9 Å². The number of benzene rings is 10. The predicted molar refractivity (Wildman–Crippen MR) is 322 cm³/mol. The number of alkyl halides is 6. The number of nitriles is 1. The standard InChI is InChI=1S/C68H34F6N6S2/c69-67(70,71)36-25-27-42-38-13-1-7-19-51(38)77(55(42)29-36)63-50(35-75)64(78-52-20-8-3-15-40(52)46-31-48-44-17-5-11-23-59(44)81-61(48)33-57(46)78)66(76-65(63)79-53-21-9-2-14-39(53)43-28-26-37(30-56(43)79)68(72,73)74)80-54-22-10-4-16-41(54)47-32-49-45-18-6-12-24-60(45)82-62(49)34-58(47)80/h1-34H. The number of pyridine rings is 1. The molecule has 0 saturated carbocycles. The molecule has 0 N–H and O–H groups in total. The predicted octanol–water partition coefficient (Wildman–Crippen LogP) is 20.1. The first kappa shape index (κ1) is 46.9. The van der Waals surface area contributed by atoms with Crippen LogP contribution < -0.4 is 0 Å². The van der Waals surface area contributed by atoms with E-state index in [4.69, 9.17) is 4.98 Å². The lowest BCUT2D eigenvalue weighted by molar-refractivity contribution is -0.138. The summed E-state index contributed by atoms with van der Waals surface area (Å²) in [5.74, 6) is 0.276. The van der Waals surface area contributed by atoms with Crippen molar-refractivity contribution < 1.29 is 26.3 Å². The summed E-state index contributed by atoms with van der Waals surface area (Å²) >= 11 is 3.29. The van der Waals surface area contributed by atoms with Crippen LogP contribution in [-0.4, -0.2) is 23.3 Å². The van der Waals surface area contributed by atoms with Gasteiger partial charge in [0.05, 0.1) is 55.3 Å². The van der Waals surface area contributed by atoms with Crippen molar-refractivity contribution in [3.8, 4) is 29.1 Å². The van der Waals surface area contributed by atoms with Crippen LogP contribution in [-0.2, 0) is 12.4 Å². The average Bonchev–Trinajstić information content (AvgIpc) is 3.73. The summed E-state index contributed by atoms with van der Waals surface area (Å²) in [6, 6.07) is 65.3. The van der Waals surface area contributed by atoms with Crippen LogP contribution in [0.3, 0.4) is 0 Å². The van der Waals surface area contributed by atoms with E-state index in [1.165, 1.54) is 12.1 Å². The summed E-state index contributed by atoms with van der Waals surface area (Å²) in [6.45, 7) is 0. The van der Waals surface area contributed by atoms with E-state index in [0.29, 0.717) is 38.3 Å². The fourth-order valence-corrected chi connectivity index (χ4v) is 15.2. The van der Waals surface area contributed by atoms with Crippen molar-refractivity contribution in [2.45, 2.75) is 12.4 Å². The van der Waals surface area contributed by atoms with Crippen LogP contribution in [0.1, 0.15) is 16.7 Å². The van der Waals surface area contributed by atoms with Crippen LogP contribution in [0.5, 0.6) is 0 Å². The summed E-state index contributed by atoms with van der Waals surface area (Å²) in [7, 11) is 0. The second kappa shape index (κ2) is 16.6. The molecule has 6 nitrogen and oxygen atoms in total. The second-order valence-electron chi connectivity index (χ2n) is 20.7. The molecule has 17 aromatic rings. The van der Waals surface area contributed by atoms with Gasteiger partial charge in [-0.05, 0) is 84.9 Å². The molecular formula is C68H34F6N6S2. The first-order valence-electron chi connectivity index (χ1n) is 26.3. The summed E-state index contributed by atoms with van der Waals surface area (Å²) < 4.78 is 103. The van der Waals surface area contributed by atoms with Crippen molar-refractivity contribution in [1.82, 2.24) is 23.3 Å². The van der Waals surface area contributed by atoms with E-state index in [1.54, 1.807) is 62.1 Å². The van der Waals surface area contributed by atoms with Crippen LogP contribution in [0.2, 0.25) is 0 Å².